The van der Waals surface area contributed by atoms with Crippen molar-refractivity contribution in [1.29, 1.82) is 0 Å². The Kier molecular flexibility index (Phi) is 4.12. The van der Waals surface area contributed by atoms with Gasteiger partial charge in [-0.2, -0.15) is 0 Å². The zero-order valence-corrected chi connectivity index (χ0v) is 11.8. The molecule has 1 aromatic rings. The number of likely N-dealkylation sites (N-methyl/N-ethyl adjacent to an activating group) is 1. The second-order valence-corrected chi connectivity index (χ2v) is 5.21. The molecule has 1 unspecified atom stereocenters. The van der Waals surface area contributed by atoms with E-state index < -0.39 is 0 Å². The van der Waals surface area contributed by atoms with Crippen LogP contribution in [0.2, 0.25) is 0 Å². The van der Waals surface area contributed by atoms with Gasteiger partial charge in [-0.15, -0.1) is 0 Å². The molecule has 3 heteroatoms. The topological polar surface area (TPSA) is 32.5 Å². The number of aryl methyl sites for hydroxylation is 1. The second kappa shape index (κ2) is 5.61. The summed E-state index contributed by atoms with van der Waals surface area (Å²) in [5, 5.41) is 0. The Bertz CT molecular complexity index is 378. The summed E-state index contributed by atoms with van der Waals surface area (Å²) < 4.78 is 0. The molecule has 0 aromatic heterocycles. The summed E-state index contributed by atoms with van der Waals surface area (Å²) >= 11 is 0. The van der Waals surface area contributed by atoms with Crippen molar-refractivity contribution >= 4 is 11.4 Å². The van der Waals surface area contributed by atoms with E-state index in [1.165, 1.54) is 17.7 Å². The molecular weight excluding hydrogens is 222 g/mol. The first kappa shape index (κ1) is 13.2. The molecule has 2 N–H and O–H groups in total. The van der Waals surface area contributed by atoms with Gasteiger partial charge in [0, 0.05) is 30.5 Å². The minimum absolute atomic E-state index is 0.696. The fourth-order valence-corrected chi connectivity index (χ4v) is 2.99. The van der Waals surface area contributed by atoms with Crippen molar-refractivity contribution in [3.63, 3.8) is 0 Å². The predicted octanol–water partition coefficient (Wildman–Crippen LogP) is 2.50. The van der Waals surface area contributed by atoms with Crippen LogP contribution < -0.4 is 10.6 Å². The van der Waals surface area contributed by atoms with Gasteiger partial charge in [-0.3, -0.25) is 4.90 Å². The molecular formula is C15H25N3. The van der Waals surface area contributed by atoms with E-state index in [4.69, 9.17) is 5.73 Å². The number of benzene rings is 1. The van der Waals surface area contributed by atoms with Gasteiger partial charge >= 0.3 is 0 Å². The Hall–Kier alpha value is -1.22. The molecule has 1 atom stereocenters. The lowest BCUT2D eigenvalue weighted by Gasteiger charge is -2.26. The van der Waals surface area contributed by atoms with E-state index in [0.29, 0.717) is 6.04 Å². The summed E-state index contributed by atoms with van der Waals surface area (Å²) in [4.78, 5) is 5.02. The van der Waals surface area contributed by atoms with Gasteiger partial charge in [-0.05, 0) is 50.2 Å². The monoisotopic (exact) mass is 247 g/mol. The van der Waals surface area contributed by atoms with E-state index in [2.05, 4.69) is 42.7 Å². The van der Waals surface area contributed by atoms with Crippen molar-refractivity contribution in [3.8, 4) is 0 Å². The Balaban J connectivity index is 2.08. The normalized spacial score (nSPS) is 19.8. The zero-order chi connectivity index (χ0) is 13.1. The number of rotatable bonds is 4. The zero-order valence-electron chi connectivity index (χ0n) is 11.8. The van der Waals surface area contributed by atoms with Crippen LogP contribution in [0.4, 0.5) is 11.4 Å². The van der Waals surface area contributed by atoms with E-state index in [-0.39, 0.29) is 0 Å². The van der Waals surface area contributed by atoms with Gasteiger partial charge in [0.2, 0.25) is 0 Å². The van der Waals surface area contributed by atoms with Crippen molar-refractivity contribution in [1.82, 2.24) is 4.90 Å². The van der Waals surface area contributed by atoms with Gasteiger partial charge in [0.05, 0.1) is 0 Å². The standard InChI is InChI=1S/C15H25N3/c1-4-17(5-2)14-6-7-18(11-14)15-9-12(3)8-13(16)10-15/h8-10,14H,4-7,11,16H2,1-3H3. The lowest BCUT2D eigenvalue weighted by atomic mass is 10.2. The second-order valence-electron chi connectivity index (χ2n) is 5.21. The summed E-state index contributed by atoms with van der Waals surface area (Å²) in [6.45, 7) is 11.2. The Morgan fingerprint density at radius 1 is 1.28 bits per heavy atom. The fraction of sp³-hybridized carbons (Fsp3) is 0.600. The van der Waals surface area contributed by atoms with Gasteiger partial charge in [0.1, 0.15) is 0 Å². The molecule has 1 heterocycles. The number of nitrogens with zero attached hydrogens (tertiary/aromatic N) is 2. The molecule has 3 nitrogen and oxygen atoms in total. The minimum atomic E-state index is 0.696. The smallest absolute Gasteiger partial charge is 0.0390 e. The molecule has 0 spiro atoms. The number of hydrogen-bond donors (Lipinski definition) is 1. The molecule has 1 aliphatic heterocycles. The highest BCUT2D eigenvalue weighted by atomic mass is 15.2. The summed E-state index contributed by atoms with van der Waals surface area (Å²) in [6.07, 6.45) is 1.26. The number of anilines is 2. The van der Waals surface area contributed by atoms with Crippen molar-refractivity contribution in [2.24, 2.45) is 0 Å². The SMILES string of the molecule is CCN(CC)C1CCN(c2cc(C)cc(N)c2)C1. The highest BCUT2D eigenvalue weighted by Crippen LogP contribution is 2.26. The van der Waals surface area contributed by atoms with Gasteiger partial charge < -0.3 is 10.6 Å². The summed E-state index contributed by atoms with van der Waals surface area (Å²) in [5.41, 5.74) is 9.33. The molecule has 1 fully saturated rings. The van der Waals surface area contributed by atoms with Crippen LogP contribution in [0, 0.1) is 6.92 Å². The maximum absolute atomic E-state index is 5.94. The van der Waals surface area contributed by atoms with Gasteiger partial charge in [0.15, 0.2) is 0 Å². The van der Waals surface area contributed by atoms with Gasteiger partial charge in [-0.25, -0.2) is 0 Å². The number of nitrogen functional groups attached to an aromatic ring is 1. The molecule has 1 aliphatic rings. The van der Waals surface area contributed by atoms with Crippen LogP contribution in [-0.2, 0) is 0 Å². The van der Waals surface area contributed by atoms with E-state index in [1.54, 1.807) is 0 Å². The lowest BCUT2D eigenvalue weighted by molar-refractivity contribution is 0.232. The third-order valence-corrected chi connectivity index (χ3v) is 3.94. The van der Waals surface area contributed by atoms with E-state index in [1.807, 2.05) is 6.07 Å². The maximum Gasteiger partial charge on any atom is 0.0390 e. The quantitative estimate of drug-likeness (QED) is 0.830. The molecule has 0 aliphatic carbocycles. The molecule has 0 bridgehead atoms. The van der Waals surface area contributed by atoms with Crippen LogP contribution in [0.25, 0.3) is 0 Å². The summed E-state index contributed by atoms with van der Waals surface area (Å²) in [6, 6.07) is 7.06. The highest BCUT2D eigenvalue weighted by molar-refractivity contribution is 5.58. The maximum atomic E-state index is 5.94. The number of hydrogen-bond acceptors (Lipinski definition) is 3. The fourth-order valence-electron chi connectivity index (χ4n) is 2.99. The first-order valence-corrected chi connectivity index (χ1v) is 7.00. The molecule has 2 rings (SSSR count). The third-order valence-electron chi connectivity index (χ3n) is 3.94. The molecule has 0 amide bonds. The average Bonchev–Trinajstić information content (AvgIpc) is 2.79. The highest BCUT2D eigenvalue weighted by Gasteiger charge is 2.26. The van der Waals surface area contributed by atoms with Crippen LogP contribution in [0.1, 0.15) is 25.8 Å². The third kappa shape index (κ3) is 2.78. The molecule has 0 saturated carbocycles. The van der Waals surface area contributed by atoms with Crippen LogP contribution >= 0.6 is 0 Å². The van der Waals surface area contributed by atoms with Crippen LogP contribution in [-0.4, -0.2) is 37.1 Å². The average molecular weight is 247 g/mol. The van der Waals surface area contributed by atoms with Crippen LogP contribution in [0.15, 0.2) is 18.2 Å². The molecule has 1 saturated heterocycles. The Morgan fingerprint density at radius 3 is 2.61 bits per heavy atom. The van der Waals surface area contributed by atoms with E-state index >= 15 is 0 Å². The minimum Gasteiger partial charge on any atom is -0.399 e. The summed E-state index contributed by atoms with van der Waals surface area (Å²) in [7, 11) is 0. The first-order chi connectivity index (χ1) is 8.63. The van der Waals surface area contributed by atoms with Crippen molar-refractivity contribution in [3.05, 3.63) is 23.8 Å². The molecule has 1 aromatic carbocycles. The largest absolute Gasteiger partial charge is 0.399 e. The first-order valence-electron chi connectivity index (χ1n) is 7.00. The number of nitrogens with two attached hydrogens (primary N) is 1. The molecule has 0 radical (unpaired) electrons. The van der Waals surface area contributed by atoms with Crippen molar-refractivity contribution in [2.45, 2.75) is 33.2 Å². The van der Waals surface area contributed by atoms with E-state index in [0.717, 1.165) is 31.9 Å². The van der Waals surface area contributed by atoms with Crippen molar-refractivity contribution < 1.29 is 0 Å². The predicted molar refractivity (Wildman–Crippen MR) is 79.1 cm³/mol. The lowest BCUT2D eigenvalue weighted by Crippen LogP contribution is -2.37. The van der Waals surface area contributed by atoms with Crippen molar-refractivity contribution in [2.75, 3.05) is 36.8 Å². The Morgan fingerprint density at radius 2 is 2.00 bits per heavy atom. The van der Waals surface area contributed by atoms with Crippen LogP contribution in [0.3, 0.4) is 0 Å². The molecule has 100 valence electrons. The Labute approximate surface area is 111 Å². The van der Waals surface area contributed by atoms with Gasteiger partial charge in [0.25, 0.3) is 0 Å². The van der Waals surface area contributed by atoms with Crippen LogP contribution in [0.5, 0.6) is 0 Å². The molecule has 18 heavy (non-hydrogen) atoms. The van der Waals surface area contributed by atoms with E-state index in [9.17, 15) is 0 Å². The van der Waals surface area contributed by atoms with Gasteiger partial charge in [-0.1, -0.05) is 13.8 Å². The summed E-state index contributed by atoms with van der Waals surface area (Å²) in [5.74, 6) is 0.